The Morgan fingerprint density at radius 2 is 1.49 bits per heavy atom. The first kappa shape index (κ1) is 29.6. The molecule has 4 aromatic carbocycles. The van der Waals surface area contributed by atoms with E-state index in [1.54, 1.807) is 54.6 Å². The zero-order valence-corrected chi connectivity index (χ0v) is 23.7. The Hall–Kier alpha value is -4.38. The summed E-state index contributed by atoms with van der Waals surface area (Å²) in [5.74, 6) is -0.511. The predicted molar refractivity (Wildman–Crippen MR) is 160 cm³/mol. The summed E-state index contributed by atoms with van der Waals surface area (Å²) in [6.45, 7) is -0.732. The van der Waals surface area contributed by atoms with Gasteiger partial charge >= 0.3 is 0 Å². The summed E-state index contributed by atoms with van der Waals surface area (Å²) < 4.78 is 33.2. The molecule has 0 spiro atoms. The Morgan fingerprint density at radius 1 is 0.829 bits per heavy atom. The van der Waals surface area contributed by atoms with Crippen LogP contribution >= 0.6 is 23.2 Å². The number of hydrazone groups is 1. The first-order valence-electron chi connectivity index (χ1n) is 12.1. The zero-order chi connectivity index (χ0) is 29.2. The summed E-state index contributed by atoms with van der Waals surface area (Å²) in [6.07, 6.45) is 1.39. The molecule has 0 fully saturated rings. The fraction of sp³-hybridized carbons (Fsp3) is 0.0690. The maximum Gasteiger partial charge on any atom is 0.264 e. The fourth-order valence-electron chi connectivity index (χ4n) is 3.54. The molecule has 4 rings (SSSR count). The van der Waals surface area contributed by atoms with Crippen molar-refractivity contribution in [2.75, 3.05) is 22.8 Å². The minimum atomic E-state index is -4.11. The van der Waals surface area contributed by atoms with Gasteiger partial charge in [-0.1, -0.05) is 59.6 Å². The van der Waals surface area contributed by atoms with E-state index in [0.717, 1.165) is 4.31 Å². The van der Waals surface area contributed by atoms with Gasteiger partial charge in [0.15, 0.2) is 6.61 Å². The van der Waals surface area contributed by atoms with E-state index in [1.807, 2.05) is 18.2 Å². The van der Waals surface area contributed by atoms with Crippen molar-refractivity contribution in [2.24, 2.45) is 5.10 Å². The molecular weight excluding hydrogens is 587 g/mol. The van der Waals surface area contributed by atoms with Gasteiger partial charge in [-0.25, -0.2) is 13.8 Å². The molecular formula is C29H24Cl2N4O5S. The van der Waals surface area contributed by atoms with Crippen molar-refractivity contribution in [1.82, 2.24) is 5.43 Å². The normalized spacial score (nSPS) is 11.2. The van der Waals surface area contributed by atoms with Gasteiger partial charge in [0.2, 0.25) is 0 Å². The Balaban J connectivity index is 1.36. The number of carbonyl (C=O) groups excluding carboxylic acids is 2. The quantitative estimate of drug-likeness (QED) is 0.175. The van der Waals surface area contributed by atoms with Gasteiger partial charge < -0.3 is 10.1 Å². The number of hydrogen-bond acceptors (Lipinski definition) is 6. The number of amides is 2. The average molecular weight is 612 g/mol. The standard InChI is InChI=1S/C29H24Cl2N4O5S/c30-26-16-13-23(17-27(26)31)35(41(38,39)25-9-5-2-6-10-25)19-28(36)34-32-18-21-11-14-24(15-12-21)40-20-29(37)33-22-7-3-1-4-8-22/h1-18H,19-20H2,(H,33,37)(H,34,36)/b32-18+. The second-order valence-electron chi connectivity index (χ2n) is 8.49. The van der Waals surface area contributed by atoms with E-state index in [4.69, 9.17) is 27.9 Å². The number of ether oxygens (including phenoxy) is 1. The number of rotatable bonds is 11. The molecule has 0 heterocycles. The second-order valence-corrected chi connectivity index (χ2v) is 11.2. The molecule has 0 aromatic heterocycles. The molecule has 0 atom stereocenters. The van der Waals surface area contributed by atoms with Crippen molar-refractivity contribution in [1.29, 1.82) is 0 Å². The van der Waals surface area contributed by atoms with Crippen LogP contribution in [0.25, 0.3) is 0 Å². The summed E-state index contributed by atoms with van der Waals surface area (Å²) in [6, 6.07) is 27.7. The average Bonchev–Trinajstić information content (AvgIpc) is 2.98. The number of anilines is 2. The molecule has 0 saturated carbocycles. The summed E-state index contributed by atoms with van der Waals surface area (Å²) in [5, 5.41) is 7.04. The van der Waals surface area contributed by atoms with Gasteiger partial charge in [0.05, 0.1) is 26.8 Å². The highest BCUT2D eigenvalue weighted by Crippen LogP contribution is 2.30. The number of nitrogens with zero attached hydrogens (tertiary/aromatic N) is 2. The minimum absolute atomic E-state index is 0.00206. The van der Waals surface area contributed by atoms with Crippen LogP contribution in [0.4, 0.5) is 11.4 Å². The summed E-state index contributed by atoms with van der Waals surface area (Å²) >= 11 is 12.1. The third-order valence-electron chi connectivity index (χ3n) is 5.52. The Labute approximate surface area is 247 Å². The molecule has 12 heteroatoms. The maximum atomic E-state index is 13.4. The largest absolute Gasteiger partial charge is 0.484 e. The van der Waals surface area contributed by atoms with E-state index in [0.29, 0.717) is 17.0 Å². The predicted octanol–water partition coefficient (Wildman–Crippen LogP) is 5.36. The van der Waals surface area contributed by atoms with Gasteiger partial charge in [-0.2, -0.15) is 5.10 Å². The zero-order valence-electron chi connectivity index (χ0n) is 21.4. The van der Waals surface area contributed by atoms with Crippen LogP contribution in [0.2, 0.25) is 10.0 Å². The Bertz CT molecular complexity index is 1640. The molecule has 0 unspecified atom stereocenters. The van der Waals surface area contributed by atoms with Gasteiger partial charge in [0, 0.05) is 5.69 Å². The highest BCUT2D eigenvalue weighted by atomic mass is 35.5. The fourth-order valence-corrected chi connectivity index (χ4v) is 5.26. The van der Waals surface area contributed by atoms with E-state index in [1.165, 1.54) is 36.5 Å². The monoisotopic (exact) mass is 610 g/mol. The number of carbonyl (C=O) groups is 2. The van der Waals surface area contributed by atoms with Crippen LogP contribution in [0.15, 0.2) is 113 Å². The number of benzene rings is 4. The molecule has 41 heavy (non-hydrogen) atoms. The van der Waals surface area contributed by atoms with Crippen LogP contribution in [-0.2, 0) is 19.6 Å². The van der Waals surface area contributed by atoms with Gasteiger partial charge in [0.25, 0.3) is 21.8 Å². The molecule has 0 radical (unpaired) electrons. The van der Waals surface area contributed by atoms with Crippen LogP contribution < -0.4 is 19.8 Å². The van der Waals surface area contributed by atoms with Crippen molar-refractivity contribution in [3.8, 4) is 5.75 Å². The van der Waals surface area contributed by atoms with Crippen LogP contribution in [0.3, 0.4) is 0 Å². The number of hydrogen-bond donors (Lipinski definition) is 2. The minimum Gasteiger partial charge on any atom is -0.484 e. The molecule has 9 nitrogen and oxygen atoms in total. The molecule has 0 saturated heterocycles. The van der Waals surface area contributed by atoms with Crippen molar-refractivity contribution < 1.29 is 22.7 Å². The molecule has 0 bridgehead atoms. The van der Waals surface area contributed by atoms with E-state index in [-0.39, 0.29) is 33.1 Å². The van der Waals surface area contributed by atoms with Crippen LogP contribution in [-0.4, -0.2) is 39.6 Å². The van der Waals surface area contributed by atoms with Crippen molar-refractivity contribution in [3.63, 3.8) is 0 Å². The maximum absolute atomic E-state index is 13.4. The van der Waals surface area contributed by atoms with Crippen molar-refractivity contribution in [2.45, 2.75) is 4.90 Å². The number of halogens is 2. The van der Waals surface area contributed by atoms with E-state index in [2.05, 4.69) is 15.8 Å². The van der Waals surface area contributed by atoms with Crippen LogP contribution in [0.5, 0.6) is 5.75 Å². The molecule has 4 aromatic rings. The van der Waals surface area contributed by atoms with Crippen molar-refractivity contribution in [3.05, 3.63) is 119 Å². The lowest BCUT2D eigenvalue weighted by atomic mass is 10.2. The molecule has 2 N–H and O–H groups in total. The molecule has 2 amide bonds. The van der Waals surface area contributed by atoms with E-state index < -0.39 is 22.5 Å². The first-order chi connectivity index (χ1) is 19.7. The molecule has 210 valence electrons. The summed E-state index contributed by atoms with van der Waals surface area (Å²) in [7, 11) is -4.11. The Kier molecular flexibility index (Phi) is 9.96. The number of sulfonamides is 1. The van der Waals surface area contributed by atoms with E-state index in [9.17, 15) is 18.0 Å². The van der Waals surface area contributed by atoms with Gasteiger partial charge in [-0.05, 0) is 72.3 Å². The Morgan fingerprint density at radius 3 is 2.15 bits per heavy atom. The highest BCUT2D eigenvalue weighted by Gasteiger charge is 2.27. The van der Waals surface area contributed by atoms with Crippen LogP contribution in [0.1, 0.15) is 5.56 Å². The first-order valence-corrected chi connectivity index (χ1v) is 14.3. The summed E-state index contributed by atoms with van der Waals surface area (Å²) in [5.41, 5.74) is 3.81. The lowest BCUT2D eigenvalue weighted by Gasteiger charge is -2.24. The topological polar surface area (TPSA) is 117 Å². The van der Waals surface area contributed by atoms with Crippen molar-refractivity contribution >= 4 is 62.6 Å². The van der Waals surface area contributed by atoms with Gasteiger partial charge in [-0.15, -0.1) is 0 Å². The lowest BCUT2D eigenvalue weighted by Crippen LogP contribution is -2.39. The second kappa shape index (κ2) is 13.8. The van der Waals surface area contributed by atoms with Gasteiger partial charge in [-0.3, -0.25) is 13.9 Å². The SMILES string of the molecule is O=C(CN(c1ccc(Cl)c(Cl)c1)S(=O)(=O)c1ccccc1)N/N=C/c1ccc(OCC(=O)Nc2ccccc2)cc1. The number of para-hydroxylation sites is 1. The third-order valence-corrected chi connectivity index (χ3v) is 8.05. The lowest BCUT2D eigenvalue weighted by molar-refractivity contribution is -0.119. The summed E-state index contributed by atoms with van der Waals surface area (Å²) in [4.78, 5) is 24.8. The van der Waals surface area contributed by atoms with Gasteiger partial charge in [0.1, 0.15) is 12.3 Å². The van der Waals surface area contributed by atoms with Crippen LogP contribution in [0, 0.1) is 0 Å². The smallest absolute Gasteiger partial charge is 0.264 e. The van der Waals surface area contributed by atoms with E-state index >= 15 is 0 Å². The third kappa shape index (κ3) is 8.31. The molecule has 0 aliphatic carbocycles. The molecule has 0 aliphatic heterocycles. The number of nitrogens with one attached hydrogen (secondary N) is 2. The molecule has 0 aliphatic rings. The highest BCUT2D eigenvalue weighted by molar-refractivity contribution is 7.92.